The first-order chi connectivity index (χ1) is 5.95. The fraction of sp³-hybridized carbons (Fsp3) is 0.125. The number of halogens is 4. The SMILES string of the molecule is Cc1c(F)c(Cl)cc(Cl)c1C(=O)Cl. The number of hydrogen-bond donors (Lipinski definition) is 0. The van der Waals surface area contributed by atoms with Crippen molar-refractivity contribution in [1.29, 1.82) is 0 Å². The molecule has 1 nitrogen and oxygen atoms in total. The molecule has 70 valence electrons. The van der Waals surface area contributed by atoms with E-state index in [-0.39, 0.29) is 21.2 Å². The third-order valence-electron chi connectivity index (χ3n) is 1.60. The Morgan fingerprint density at radius 1 is 1.38 bits per heavy atom. The zero-order chi connectivity index (χ0) is 10.2. The van der Waals surface area contributed by atoms with E-state index in [1.165, 1.54) is 6.92 Å². The Morgan fingerprint density at radius 2 is 1.92 bits per heavy atom. The molecular formula is C8H4Cl3FO. The first-order valence-electron chi connectivity index (χ1n) is 3.29. The quantitative estimate of drug-likeness (QED) is 0.539. The topological polar surface area (TPSA) is 17.1 Å². The maximum Gasteiger partial charge on any atom is 0.254 e. The zero-order valence-electron chi connectivity index (χ0n) is 6.50. The molecule has 0 aliphatic rings. The summed E-state index contributed by atoms with van der Waals surface area (Å²) in [5, 5.41) is -0.855. The van der Waals surface area contributed by atoms with Crippen molar-refractivity contribution in [3.8, 4) is 0 Å². The number of hydrogen-bond acceptors (Lipinski definition) is 1. The molecule has 0 bridgehead atoms. The molecule has 0 heterocycles. The summed E-state index contributed by atoms with van der Waals surface area (Å²) in [5.41, 5.74) is 0.0303. The molecule has 0 aliphatic carbocycles. The third-order valence-corrected chi connectivity index (χ3v) is 2.36. The molecule has 1 aromatic rings. The highest BCUT2D eigenvalue weighted by Gasteiger charge is 2.17. The second kappa shape index (κ2) is 3.82. The lowest BCUT2D eigenvalue weighted by Crippen LogP contribution is -1.98. The number of rotatable bonds is 1. The predicted octanol–water partition coefficient (Wildman–Crippen LogP) is 3.82. The summed E-state index contributed by atoms with van der Waals surface area (Å²) in [6, 6.07) is 1.15. The molecule has 0 atom stereocenters. The van der Waals surface area contributed by atoms with Crippen molar-refractivity contribution in [2.24, 2.45) is 0 Å². The first kappa shape index (κ1) is 10.8. The van der Waals surface area contributed by atoms with Crippen LogP contribution < -0.4 is 0 Å². The van der Waals surface area contributed by atoms with Crippen LogP contribution in [0.25, 0.3) is 0 Å². The molecular weight excluding hydrogens is 237 g/mol. The summed E-state index contributed by atoms with van der Waals surface area (Å²) in [5.74, 6) is -0.671. The van der Waals surface area contributed by atoms with Crippen molar-refractivity contribution in [2.75, 3.05) is 0 Å². The number of carbonyl (C=O) groups excluding carboxylic acids is 1. The minimum atomic E-state index is -0.793. The van der Waals surface area contributed by atoms with Crippen LogP contribution in [-0.2, 0) is 0 Å². The summed E-state index contributed by atoms with van der Waals surface area (Å²) < 4.78 is 13.1. The fourth-order valence-electron chi connectivity index (χ4n) is 0.956. The van der Waals surface area contributed by atoms with Crippen LogP contribution in [0.2, 0.25) is 10.0 Å². The minimum absolute atomic E-state index is 0.0368. The molecule has 0 unspecified atom stereocenters. The third kappa shape index (κ3) is 1.96. The van der Waals surface area contributed by atoms with Gasteiger partial charge in [-0.25, -0.2) is 4.39 Å². The normalized spacial score (nSPS) is 10.2. The molecule has 1 aromatic carbocycles. The lowest BCUT2D eigenvalue weighted by molar-refractivity contribution is 0.108. The van der Waals surface area contributed by atoms with Crippen molar-refractivity contribution >= 4 is 40.0 Å². The van der Waals surface area contributed by atoms with Crippen molar-refractivity contribution in [2.45, 2.75) is 6.92 Å². The molecule has 0 amide bonds. The first-order valence-corrected chi connectivity index (χ1v) is 4.42. The Bertz CT molecular complexity index is 376. The van der Waals surface area contributed by atoms with Crippen LogP contribution >= 0.6 is 34.8 Å². The van der Waals surface area contributed by atoms with Gasteiger partial charge in [0.05, 0.1) is 15.6 Å². The summed E-state index contributed by atoms with van der Waals surface area (Å²) in [4.78, 5) is 10.8. The monoisotopic (exact) mass is 240 g/mol. The van der Waals surface area contributed by atoms with Gasteiger partial charge in [-0.3, -0.25) is 4.79 Å². The van der Waals surface area contributed by atoms with E-state index >= 15 is 0 Å². The predicted molar refractivity (Wildman–Crippen MR) is 51.3 cm³/mol. The van der Waals surface area contributed by atoms with E-state index in [2.05, 4.69) is 0 Å². The van der Waals surface area contributed by atoms with Crippen LogP contribution in [0, 0.1) is 12.7 Å². The lowest BCUT2D eigenvalue weighted by Gasteiger charge is -2.05. The van der Waals surface area contributed by atoms with Crippen molar-refractivity contribution in [1.82, 2.24) is 0 Å². The molecule has 0 N–H and O–H groups in total. The summed E-state index contributed by atoms with van der Waals surface area (Å²) in [6.45, 7) is 1.39. The molecule has 5 heteroatoms. The van der Waals surface area contributed by atoms with E-state index in [1.54, 1.807) is 0 Å². The van der Waals surface area contributed by atoms with Gasteiger partial charge in [0.1, 0.15) is 5.82 Å². The van der Waals surface area contributed by atoms with Gasteiger partial charge in [0.2, 0.25) is 0 Å². The van der Waals surface area contributed by atoms with Gasteiger partial charge in [0.25, 0.3) is 5.24 Å². The van der Waals surface area contributed by atoms with Crippen LogP contribution in [0.1, 0.15) is 15.9 Å². The molecule has 13 heavy (non-hydrogen) atoms. The van der Waals surface area contributed by atoms with Gasteiger partial charge in [-0.1, -0.05) is 23.2 Å². The van der Waals surface area contributed by atoms with Gasteiger partial charge in [0, 0.05) is 0 Å². The fourth-order valence-corrected chi connectivity index (χ4v) is 1.89. The highest BCUT2D eigenvalue weighted by Crippen LogP contribution is 2.29. The van der Waals surface area contributed by atoms with Crippen LogP contribution in [-0.4, -0.2) is 5.24 Å². The van der Waals surface area contributed by atoms with Crippen molar-refractivity contribution < 1.29 is 9.18 Å². The van der Waals surface area contributed by atoms with Crippen LogP contribution in [0.4, 0.5) is 4.39 Å². The Balaban J connectivity index is 3.53. The maximum absolute atomic E-state index is 13.1. The standard InChI is InChI=1S/C8H4Cl3FO/c1-3-6(8(11)13)4(9)2-5(10)7(3)12/h2H,1H3. The number of carbonyl (C=O) groups is 1. The van der Waals surface area contributed by atoms with Crippen LogP contribution in [0.5, 0.6) is 0 Å². The Morgan fingerprint density at radius 3 is 2.38 bits per heavy atom. The molecule has 0 saturated heterocycles. The molecule has 1 rings (SSSR count). The Labute approximate surface area is 89.4 Å². The molecule has 0 radical (unpaired) electrons. The van der Waals surface area contributed by atoms with Gasteiger partial charge >= 0.3 is 0 Å². The van der Waals surface area contributed by atoms with E-state index in [0.29, 0.717) is 0 Å². The average molecular weight is 241 g/mol. The highest BCUT2D eigenvalue weighted by molar-refractivity contribution is 6.69. The van der Waals surface area contributed by atoms with Crippen molar-refractivity contribution in [3.63, 3.8) is 0 Å². The second-order valence-electron chi connectivity index (χ2n) is 2.43. The second-order valence-corrected chi connectivity index (χ2v) is 3.59. The Hall–Kier alpha value is -0.310. The van der Waals surface area contributed by atoms with Gasteiger partial charge < -0.3 is 0 Å². The van der Waals surface area contributed by atoms with E-state index < -0.39 is 11.1 Å². The lowest BCUT2D eigenvalue weighted by atomic mass is 10.1. The van der Waals surface area contributed by atoms with Gasteiger partial charge in [-0.15, -0.1) is 0 Å². The van der Waals surface area contributed by atoms with E-state index in [4.69, 9.17) is 34.8 Å². The van der Waals surface area contributed by atoms with E-state index in [0.717, 1.165) is 6.07 Å². The largest absolute Gasteiger partial charge is 0.276 e. The van der Waals surface area contributed by atoms with Gasteiger partial charge in [0.15, 0.2) is 0 Å². The van der Waals surface area contributed by atoms with E-state index in [9.17, 15) is 9.18 Å². The minimum Gasteiger partial charge on any atom is -0.276 e. The molecule has 0 fully saturated rings. The molecule has 0 aliphatic heterocycles. The van der Waals surface area contributed by atoms with Gasteiger partial charge in [-0.2, -0.15) is 0 Å². The molecule has 0 saturated carbocycles. The highest BCUT2D eigenvalue weighted by atomic mass is 35.5. The zero-order valence-corrected chi connectivity index (χ0v) is 8.77. The maximum atomic E-state index is 13.1. The summed E-state index contributed by atoms with van der Waals surface area (Å²) in [7, 11) is 0. The molecule has 0 spiro atoms. The van der Waals surface area contributed by atoms with Gasteiger partial charge in [-0.05, 0) is 30.2 Å². The van der Waals surface area contributed by atoms with Crippen LogP contribution in [0.3, 0.4) is 0 Å². The Kier molecular flexibility index (Phi) is 3.17. The van der Waals surface area contributed by atoms with Crippen LogP contribution in [0.15, 0.2) is 6.07 Å². The summed E-state index contributed by atoms with van der Waals surface area (Å²) >= 11 is 16.3. The smallest absolute Gasteiger partial charge is 0.254 e. The summed E-state index contributed by atoms with van der Waals surface area (Å²) in [6.07, 6.45) is 0. The van der Waals surface area contributed by atoms with Crippen molar-refractivity contribution in [3.05, 3.63) is 33.1 Å². The molecule has 0 aromatic heterocycles. The average Bonchev–Trinajstić information content (AvgIpc) is 1.99. The number of benzene rings is 1. The van der Waals surface area contributed by atoms with E-state index in [1.807, 2.05) is 0 Å².